The van der Waals surface area contributed by atoms with Gasteiger partial charge < -0.3 is 9.47 Å². The summed E-state index contributed by atoms with van der Waals surface area (Å²) in [6.45, 7) is 2.35. The lowest BCUT2D eigenvalue weighted by molar-refractivity contribution is -0.120. The van der Waals surface area contributed by atoms with E-state index in [1.165, 1.54) is 0 Å². The van der Waals surface area contributed by atoms with Gasteiger partial charge in [-0.3, -0.25) is 9.59 Å². The van der Waals surface area contributed by atoms with Crippen LogP contribution >= 0.6 is 11.6 Å². The third kappa shape index (κ3) is 5.18. The Morgan fingerprint density at radius 2 is 1.79 bits per heavy atom. The molecule has 172 valence electrons. The number of carbonyl (C=O) groups excluding carboxylic acids is 3. The second-order valence-corrected chi connectivity index (χ2v) is 8.04. The number of hydrogen-bond donors (Lipinski definition) is 0. The summed E-state index contributed by atoms with van der Waals surface area (Å²) in [6, 6.07) is 20.9. The Labute approximate surface area is 202 Å². The fraction of sp³-hybridized carbons (Fsp3) is 0.148. The number of esters is 1. The van der Waals surface area contributed by atoms with Crippen LogP contribution in [0.3, 0.4) is 0 Å². The van der Waals surface area contributed by atoms with Crippen molar-refractivity contribution in [3.05, 3.63) is 100 Å². The molecule has 1 heterocycles. The number of nitrogens with zero attached hydrogens (tertiary/aromatic N) is 1. The molecule has 0 saturated carbocycles. The predicted molar refractivity (Wildman–Crippen MR) is 130 cm³/mol. The molecule has 0 N–H and O–H groups in total. The van der Waals surface area contributed by atoms with E-state index in [0.29, 0.717) is 39.8 Å². The van der Waals surface area contributed by atoms with Gasteiger partial charge in [0.1, 0.15) is 12.4 Å². The van der Waals surface area contributed by atoms with Gasteiger partial charge in [0.05, 0.1) is 24.3 Å². The lowest BCUT2D eigenvalue weighted by Crippen LogP contribution is -2.28. The van der Waals surface area contributed by atoms with Crippen LogP contribution in [-0.2, 0) is 20.9 Å². The molecular weight excluding hydrogens is 454 g/mol. The van der Waals surface area contributed by atoms with Gasteiger partial charge in [0.2, 0.25) is 5.91 Å². The largest absolute Gasteiger partial charge is 0.488 e. The van der Waals surface area contributed by atoms with Gasteiger partial charge in [0.25, 0.3) is 5.91 Å². The molecule has 0 unspecified atom stereocenters. The molecule has 1 saturated heterocycles. The van der Waals surface area contributed by atoms with Crippen LogP contribution in [0.25, 0.3) is 6.08 Å². The Kier molecular flexibility index (Phi) is 7.09. The van der Waals surface area contributed by atoms with Crippen molar-refractivity contribution in [1.82, 2.24) is 0 Å². The molecule has 0 radical (unpaired) electrons. The maximum atomic E-state index is 13.0. The van der Waals surface area contributed by atoms with E-state index in [4.69, 9.17) is 21.1 Å². The highest BCUT2D eigenvalue weighted by atomic mass is 35.5. The fourth-order valence-electron chi connectivity index (χ4n) is 3.60. The highest BCUT2D eigenvalue weighted by Gasteiger charge is 2.35. The Morgan fingerprint density at radius 1 is 1.03 bits per heavy atom. The van der Waals surface area contributed by atoms with Gasteiger partial charge in [-0.1, -0.05) is 48.0 Å². The van der Waals surface area contributed by atoms with Crippen molar-refractivity contribution in [2.75, 3.05) is 11.5 Å². The number of amides is 2. The summed E-state index contributed by atoms with van der Waals surface area (Å²) < 4.78 is 11.0. The van der Waals surface area contributed by atoms with Gasteiger partial charge in [-0.25, -0.2) is 9.69 Å². The molecular formula is C27H22ClNO5. The van der Waals surface area contributed by atoms with E-state index in [0.717, 1.165) is 10.5 Å². The van der Waals surface area contributed by atoms with Gasteiger partial charge in [-0.2, -0.15) is 0 Å². The van der Waals surface area contributed by atoms with Gasteiger partial charge in [0.15, 0.2) is 0 Å². The maximum absolute atomic E-state index is 13.0. The van der Waals surface area contributed by atoms with E-state index in [2.05, 4.69) is 0 Å². The van der Waals surface area contributed by atoms with Crippen molar-refractivity contribution >= 4 is 41.1 Å². The average molecular weight is 476 g/mol. The number of imide groups is 1. The van der Waals surface area contributed by atoms with Crippen LogP contribution in [-0.4, -0.2) is 24.4 Å². The molecule has 2 amide bonds. The van der Waals surface area contributed by atoms with E-state index in [-0.39, 0.29) is 30.8 Å². The zero-order chi connectivity index (χ0) is 24.1. The molecule has 1 fully saturated rings. The predicted octanol–water partition coefficient (Wildman–Crippen LogP) is 5.44. The Morgan fingerprint density at radius 3 is 2.53 bits per heavy atom. The van der Waals surface area contributed by atoms with Crippen molar-refractivity contribution in [2.45, 2.75) is 20.0 Å². The standard InChI is InChI=1S/C27H22ClNO5/c1-2-33-27(32)19-12-10-18(11-13-19)17-34-24-9-4-3-6-20(24)14-21-15-25(30)29(26(21)31)23-8-5-7-22(28)16-23/h3-14,16H,2,15,17H2,1H3/b21-14+. The van der Waals surface area contributed by atoms with E-state index < -0.39 is 0 Å². The fourth-order valence-corrected chi connectivity index (χ4v) is 3.78. The second kappa shape index (κ2) is 10.4. The lowest BCUT2D eigenvalue weighted by Gasteiger charge is -2.13. The van der Waals surface area contributed by atoms with E-state index >= 15 is 0 Å². The van der Waals surface area contributed by atoms with Crippen molar-refractivity contribution in [3.8, 4) is 5.75 Å². The average Bonchev–Trinajstić information content (AvgIpc) is 3.11. The highest BCUT2D eigenvalue weighted by molar-refractivity contribution is 6.32. The van der Waals surface area contributed by atoms with Gasteiger partial charge in [0, 0.05) is 16.2 Å². The summed E-state index contributed by atoms with van der Waals surface area (Å²) in [5.41, 5.74) is 2.86. The zero-order valence-corrected chi connectivity index (χ0v) is 19.2. The van der Waals surface area contributed by atoms with Crippen molar-refractivity contribution in [3.63, 3.8) is 0 Å². The smallest absolute Gasteiger partial charge is 0.338 e. The minimum absolute atomic E-state index is 0.00496. The summed E-state index contributed by atoms with van der Waals surface area (Å²) in [4.78, 5) is 38.5. The molecule has 0 aliphatic carbocycles. The first-order valence-corrected chi connectivity index (χ1v) is 11.2. The first kappa shape index (κ1) is 23.3. The minimum Gasteiger partial charge on any atom is -0.488 e. The lowest BCUT2D eigenvalue weighted by atomic mass is 10.1. The first-order chi connectivity index (χ1) is 16.5. The number of hydrogen-bond acceptors (Lipinski definition) is 5. The Balaban J connectivity index is 1.50. The van der Waals surface area contributed by atoms with Crippen LogP contribution in [0.5, 0.6) is 5.75 Å². The quantitative estimate of drug-likeness (QED) is 0.258. The number of para-hydroxylation sites is 1. The van der Waals surface area contributed by atoms with E-state index in [1.807, 2.05) is 18.2 Å². The summed E-state index contributed by atoms with van der Waals surface area (Å²) in [5.74, 6) is -0.476. The van der Waals surface area contributed by atoms with Crippen LogP contribution in [0.2, 0.25) is 5.02 Å². The van der Waals surface area contributed by atoms with E-state index in [1.54, 1.807) is 67.6 Å². The maximum Gasteiger partial charge on any atom is 0.338 e. The molecule has 6 nitrogen and oxygen atoms in total. The van der Waals surface area contributed by atoms with Gasteiger partial charge >= 0.3 is 5.97 Å². The molecule has 1 aliphatic rings. The molecule has 0 atom stereocenters. The molecule has 3 aromatic carbocycles. The monoisotopic (exact) mass is 475 g/mol. The number of carbonyl (C=O) groups is 3. The zero-order valence-electron chi connectivity index (χ0n) is 18.5. The van der Waals surface area contributed by atoms with Crippen molar-refractivity contribution in [1.29, 1.82) is 0 Å². The number of benzene rings is 3. The van der Waals surface area contributed by atoms with Gasteiger partial charge in [-0.05, 0) is 55.0 Å². The van der Waals surface area contributed by atoms with Crippen LogP contribution in [0, 0.1) is 0 Å². The molecule has 0 spiro atoms. The summed E-state index contributed by atoms with van der Waals surface area (Å²) in [6.07, 6.45) is 1.68. The van der Waals surface area contributed by atoms with Crippen molar-refractivity contribution < 1.29 is 23.9 Å². The van der Waals surface area contributed by atoms with Crippen LogP contribution in [0.4, 0.5) is 5.69 Å². The summed E-state index contributed by atoms with van der Waals surface area (Å²) in [5, 5.41) is 0.449. The first-order valence-electron chi connectivity index (χ1n) is 10.8. The molecule has 1 aliphatic heterocycles. The normalized spacial score (nSPS) is 14.5. The van der Waals surface area contributed by atoms with Crippen LogP contribution < -0.4 is 9.64 Å². The second-order valence-electron chi connectivity index (χ2n) is 7.60. The summed E-state index contributed by atoms with van der Waals surface area (Å²) in [7, 11) is 0. The Bertz CT molecular complexity index is 1270. The number of halogens is 1. The Hall–Kier alpha value is -3.90. The molecule has 3 aromatic rings. The molecule has 34 heavy (non-hydrogen) atoms. The van der Waals surface area contributed by atoms with Crippen molar-refractivity contribution in [2.24, 2.45) is 0 Å². The minimum atomic E-state index is -0.378. The van der Waals surface area contributed by atoms with Crippen LogP contribution in [0.1, 0.15) is 34.8 Å². The molecule has 4 rings (SSSR count). The highest BCUT2D eigenvalue weighted by Crippen LogP contribution is 2.31. The number of rotatable bonds is 7. The number of anilines is 1. The SMILES string of the molecule is CCOC(=O)c1ccc(COc2ccccc2/C=C2\CC(=O)N(c3cccc(Cl)c3)C2=O)cc1. The number of ether oxygens (including phenoxy) is 2. The van der Waals surface area contributed by atoms with E-state index in [9.17, 15) is 14.4 Å². The third-order valence-electron chi connectivity index (χ3n) is 5.24. The van der Waals surface area contributed by atoms with Gasteiger partial charge in [-0.15, -0.1) is 0 Å². The third-order valence-corrected chi connectivity index (χ3v) is 5.48. The topological polar surface area (TPSA) is 72.9 Å². The molecule has 0 aromatic heterocycles. The molecule has 7 heteroatoms. The van der Waals surface area contributed by atoms with Crippen LogP contribution in [0.15, 0.2) is 78.4 Å². The summed E-state index contributed by atoms with van der Waals surface area (Å²) >= 11 is 6.03. The molecule has 0 bridgehead atoms.